The maximum absolute atomic E-state index is 13.3. The van der Waals surface area contributed by atoms with Gasteiger partial charge >= 0.3 is 11.8 Å². The molecule has 0 saturated carbocycles. The molecular weight excluding hydrogens is 370 g/mol. The van der Waals surface area contributed by atoms with E-state index in [-0.39, 0.29) is 18.0 Å². The highest BCUT2D eigenvalue weighted by Crippen LogP contribution is 2.45. The van der Waals surface area contributed by atoms with Crippen LogP contribution in [-0.2, 0) is 20.8 Å². The Hall–Kier alpha value is -2.57. The summed E-state index contributed by atoms with van der Waals surface area (Å²) in [5.74, 6) is -0.130. The van der Waals surface area contributed by atoms with Gasteiger partial charge in [-0.1, -0.05) is 6.07 Å². The minimum atomic E-state index is -0.496. The predicted molar refractivity (Wildman–Crippen MR) is 105 cm³/mol. The van der Waals surface area contributed by atoms with Gasteiger partial charge in [0.15, 0.2) is 0 Å². The van der Waals surface area contributed by atoms with Crippen molar-refractivity contribution in [2.24, 2.45) is 0 Å². The first-order valence-electron chi connectivity index (χ1n) is 10.7. The van der Waals surface area contributed by atoms with Gasteiger partial charge in [0.25, 0.3) is 0 Å². The van der Waals surface area contributed by atoms with Gasteiger partial charge in [0, 0.05) is 19.6 Å². The van der Waals surface area contributed by atoms with Gasteiger partial charge in [0.05, 0.1) is 19.2 Å². The van der Waals surface area contributed by atoms with E-state index in [1.807, 2.05) is 23.1 Å². The lowest BCUT2D eigenvalue weighted by Crippen LogP contribution is -2.68. The van der Waals surface area contributed by atoms with Crippen LogP contribution < -0.4 is 4.74 Å². The van der Waals surface area contributed by atoms with Crippen molar-refractivity contribution in [3.63, 3.8) is 0 Å². The molecule has 0 spiro atoms. The van der Waals surface area contributed by atoms with Crippen LogP contribution in [0, 0.1) is 0 Å². The molecule has 7 heteroatoms. The van der Waals surface area contributed by atoms with Gasteiger partial charge in [0.1, 0.15) is 11.8 Å². The third kappa shape index (κ3) is 2.81. The van der Waals surface area contributed by atoms with Crippen LogP contribution in [0.2, 0.25) is 0 Å². The highest BCUT2D eigenvalue weighted by atomic mass is 16.5. The summed E-state index contributed by atoms with van der Waals surface area (Å²) in [4.78, 5) is 44.7. The Kier molecular flexibility index (Phi) is 4.48. The summed E-state index contributed by atoms with van der Waals surface area (Å²) in [5, 5.41) is 0. The minimum absolute atomic E-state index is 0.00464. The lowest BCUT2D eigenvalue weighted by atomic mass is 9.78. The molecular formula is C22H27N3O4. The number of ether oxygens (including phenoxy) is 1. The average Bonchev–Trinajstić information content (AvgIpc) is 3.30. The Morgan fingerprint density at radius 2 is 1.83 bits per heavy atom. The maximum Gasteiger partial charge on any atom is 0.313 e. The number of amides is 3. The molecule has 29 heavy (non-hydrogen) atoms. The standard InChI is InChI=1S/C22H27N3O4/c1-29-15-7-8-16-14(13-15)9-12-24-19(16)17-5-4-6-18(20(24)26)25(17)22(28)21(27)23-10-2-3-11-23/h7-8,13,17-19H,2-6,9-12H2,1H3. The Labute approximate surface area is 170 Å². The van der Waals surface area contributed by atoms with Crippen LogP contribution in [0.3, 0.4) is 0 Å². The second-order valence-corrected chi connectivity index (χ2v) is 8.52. The number of nitrogens with zero attached hydrogens (tertiary/aromatic N) is 3. The topological polar surface area (TPSA) is 70.2 Å². The first kappa shape index (κ1) is 18.5. The van der Waals surface area contributed by atoms with Crippen molar-refractivity contribution >= 4 is 17.7 Å². The summed E-state index contributed by atoms with van der Waals surface area (Å²) in [7, 11) is 1.65. The zero-order valence-corrected chi connectivity index (χ0v) is 16.8. The molecule has 4 aliphatic rings. The Morgan fingerprint density at radius 1 is 1.03 bits per heavy atom. The molecule has 3 amide bonds. The van der Waals surface area contributed by atoms with E-state index in [1.54, 1.807) is 16.9 Å². The predicted octanol–water partition coefficient (Wildman–Crippen LogP) is 1.51. The van der Waals surface area contributed by atoms with Gasteiger partial charge < -0.3 is 19.4 Å². The number of methoxy groups -OCH3 is 1. The van der Waals surface area contributed by atoms with Crippen LogP contribution in [-0.4, -0.2) is 71.2 Å². The second-order valence-electron chi connectivity index (χ2n) is 8.52. The molecule has 3 unspecified atom stereocenters. The number of piperidine rings is 1. The number of hydrogen-bond acceptors (Lipinski definition) is 4. The SMILES string of the molecule is COc1ccc2c(c1)CCN1C(=O)C3CCCC(C21)N3C(=O)C(=O)N1CCCC1. The molecule has 0 aromatic heterocycles. The fraction of sp³-hybridized carbons (Fsp3) is 0.591. The van der Waals surface area contributed by atoms with Crippen molar-refractivity contribution in [1.29, 1.82) is 0 Å². The van der Waals surface area contributed by atoms with Crippen LogP contribution >= 0.6 is 0 Å². The summed E-state index contributed by atoms with van der Waals surface area (Å²) in [5.41, 5.74) is 2.25. The lowest BCUT2D eigenvalue weighted by molar-refractivity contribution is -0.171. The molecule has 1 aromatic carbocycles. The number of fused-ring (bicyclic) bond motifs is 6. The van der Waals surface area contributed by atoms with E-state index in [4.69, 9.17) is 4.74 Å². The second kappa shape index (κ2) is 7.04. The van der Waals surface area contributed by atoms with Crippen LogP contribution in [0.25, 0.3) is 0 Å². The van der Waals surface area contributed by atoms with Crippen molar-refractivity contribution in [2.45, 2.75) is 56.7 Å². The van der Waals surface area contributed by atoms with Crippen molar-refractivity contribution < 1.29 is 19.1 Å². The van der Waals surface area contributed by atoms with E-state index >= 15 is 0 Å². The third-order valence-corrected chi connectivity index (χ3v) is 7.04. The number of rotatable bonds is 1. The van der Waals surface area contributed by atoms with E-state index in [2.05, 4.69) is 0 Å². The molecule has 2 bridgehead atoms. The van der Waals surface area contributed by atoms with Crippen molar-refractivity contribution in [3.05, 3.63) is 29.3 Å². The Bertz CT molecular complexity index is 864. The van der Waals surface area contributed by atoms with E-state index in [0.29, 0.717) is 26.1 Å². The zero-order chi connectivity index (χ0) is 20.1. The number of piperazine rings is 1. The van der Waals surface area contributed by atoms with E-state index < -0.39 is 17.9 Å². The van der Waals surface area contributed by atoms with Crippen molar-refractivity contribution in [3.8, 4) is 5.75 Å². The molecule has 5 rings (SSSR count). The van der Waals surface area contributed by atoms with Gasteiger partial charge in [-0.15, -0.1) is 0 Å². The van der Waals surface area contributed by atoms with Gasteiger partial charge in [-0.25, -0.2) is 0 Å². The van der Waals surface area contributed by atoms with Gasteiger partial charge in [-0.05, 0) is 61.8 Å². The average molecular weight is 397 g/mol. The van der Waals surface area contributed by atoms with Gasteiger partial charge in [0.2, 0.25) is 5.91 Å². The van der Waals surface area contributed by atoms with E-state index in [9.17, 15) is 14.4 Å². The molecule has 0 radical (unpaired) electrons. The van der Waals surface area contributed by atoms with Crippen molar-refractivity contribution in [2.75, 3.05) is 26.7 Å². The fourth-order valence-corrected chi connectivity index (χ4v) is 5.66. The quantitative estimate of drug-likeness (QED) is 0.674. The Balaban J connectivity index is 1.52. The summed E-state index contributed by atoms with van der Waals surface area (Å²) in [6.07, 6.45) is 5.03. The molecule has 1 aromatic rings. The summed E-state index contributed by atoms with van der Waals surface area (Å²) < 4.78 is 5.37. The monoisotopic (exact) mass is 397 g/mol. The molecule has 4 aliphatic heterocycles. The third-order valence-electron chi connectivity index (χ3n) is 7.04. The molecule has 0 aliphatic carbocycles. The number of hydrogen-bond donors (Lipinski definition) is 0. The normalized spacial score (nSPS) is 28.1. The lowest BCUT2D eigenvalue weighted by Gasteiger charge is -2.55. The number of benzene rings is 1. The molecule has 0 N–H and O–H groups in total. The van der Waals surface area contributed by atoms with Gasteiger partial charge in [-0.2, -0.15) is 0 Å². The number of likely N-dealkylation sites (tertiary alicyclic amines) is 1. The van der Waals surface area contributed by atoms with Crippen LogP contribution in [0.5, 0.6) is 5.75 Å². The summed E-state index contributed by atoms with van der Waals surface area (Å²) in [6.45, 7) is 1.93. The fourth-order valence-electron chi connectivity index (χ4n) is 5.66. The molecule has 3 fully saturated rings. The van der Waals surface area contributed by atoms with Crippen LogP contribution in [0.15, 0.2) is 18.2 Å². The minimum Gasteiger partial charge on any atom is -0.497 e. The Morgan fingerprint density at radius 3 is 2.59 bits per heavy atom. The highest BCUT2D eigenvalue weighted by Gasteiger charge is 2.53. The summed E-state index contributed by atoms with van der Waals surface area (Å²) >= 11 is 0. The van der Waals surface area contributed by atoms with Crippen LogP contribution in [0.1, 0.15) is 49.3 Å². The molecule has 4 heterocycles. The first-order chi connectivity index (χ1) is 14.1. The number of carbonyl (C=O) groups is 3. The smallest absolute Gasteiger partial charge is 0.313 e. The van der Waals surface area contributed by atoms with Crippen molar-refractivity contribution in [1.82, 2.24) is 14.7 Å². The molecule has 7 nitrogen and oxygen atoms in total. The molecule has 154 valence electrons. The van der Waals surface area contributed by atoms with E-state index in [1.165, 1.54) is 5.56 Å². The zero-order valence-electron chi connectivity index (χ0n) is 16.8. The van der Waals surface area contributed by atoms with Gasteiger partial charge in [-0.3, -0.25) is 14.4 Å². The first-order valence-corrected chi connectivity index (χ1v) is 10.7. The highest BCUT2D eigenvalue weighted by molar-refractivity contribution is 6.35. The maximum atomic E-state index is 13.3. The molecule has 3 atom stereocenters. The largest absolute Gasteiger partial charge is 0.497 e. The molecule has 3 saturated heterocycles. The van der Waals surface area contributed by atoms with E-state index in [0.717, 1.165) is 43.4 Å². The van der Waals surface area contributed by atoms with Crippen LogP contribution in [0.4, 0.5) is 0 Å². The number of carbonyl (C=O) groups excluding carboxylic acids is 3. The summed E-state index contributed by atoms with van der Waals surface area (Å²) in [6, 6.07) is 5.17.